The summed E-state index contributed by atoms with van der Waals surface area (Å²) >= 11 is 0. The summed E-state index contributed by atoms with van der Waals surface area (Å²) in [6.45, 7) is 4.43. The molecule has 0 atom stereocenters. The summed E-state index contributed by atoms with van der Waals surface area (Å²) in [5.41, 5.74) is 1.55. The first-order valence-corrected chi connectivity index (χ1v) is 13.9. The molecule has 6 heterocycles. The molecule has 0 unspecified atom stereocenters. The summed E-state index contributed by atoms with van der Waals surface area (Å²) in [6.07, 6.45) is 15.2. The first-order chi connectivity index (χ1) is 19.9. The average Bonchev–Trinajstić information content (AvgIpc) is 3.64. The monoisotopic (exact) mass is 642 g/mol. The van der Waals surface area contributed by atoms with Crippen molar-refractivity contribution in [3.05, 3.63) is 59.7 Å². The molecule has 0 amide bonds. The van der Waals surface area contributed by atoms with Crippen molar-refractivity contribution >= 4 is 40.3 Å². The highest BCUT2D eigenvalue weighted by Gasteiger charge is 2.20. The molecule has 2 saturated heterocycles. The number of hydrogen-bond donors (Lipinski definition) is 3. The molecule has 42 heavy (non-hydrogen) atoms. The highest BCUT2D eigenvalue weighted by Crippen LogP contribution is 2.24. The number of anilines is 4. The van der Waals surface area contributed by atoms with Gasteiger partial charge in [0.1, 0.15) is 0 Å². The lowest BCUT2D eigenvalue weighted by atomic mass is 10.1. The summed E-state index contributed by atoms with van der Waals surface area (Å²) in [6, 6.07) is 4.02. The summed E-state index contributed by atoms with van der Waals surface area (Å²) in [4.78, 5) is 31.0. The molecule has 0 saturated carbocycles. The van der Waals surface area contributed by atoms with Crippen LogP contribution in [0, 0.1) is 0 Å². The predicted molar refractivity (Wildman–Crippen MR) is 166 cm³/mol. The lowest BCUT2D eigenvalue weighted by molar-refractivity contribution is 0.212. The van der Waals surface area contributed by atoms with Crippen molar-refractivity contribution in [1.82, 2.24) is 49.3 Å². The molecule has 0 aromatic carbocycles. The van der Waals surface area contributed by atoms with E-state index in [1.54, 1.807) is 31.8 Å². The van der Waals surface area contributed by atoms with Gasteiger partial charge in [0.2, 0.25) is 17.8 Å². The topological polar surface area (TPSA) is 147 Å². The van der Waals surface area contributed by atoms with Crippen LogP contribution < -0.4 is 20.9 Å². The molecule has 3 N–H and O–H groups in total. The zero-order chi connectivity index (χ0) is 28.6. The third-order valence-corrected chi connectivity index (χ3v) is 7.36. The highest BCUT2D eigenvalue weighted by molar-refractivity contribution is 8.93. The first-order valence-electron chi connectivity index (χ1n) is 13.9. The van der Waals surface area contributed by atoms with E-state index in [-0.39, 0.29) is 22.5 Å². The number of methoxy groups -OCH3 is 1. The molecular formula is C27H39BrN12O2. The van der Waals surface area contributed by atoms with Crippen molar-refractivity contribution in [3.63, 3.8) is 0 Å². The van der Waals surface area contributed by atoms with E-state index in [1.807, 2.05) is 21.8 Å². The Balaban J connectivity index is 0.000000189. The lowest BCUT2D eigenvalue weighted by Gasteiger charge is -2.28. The fourth-order valence-corrected chi connectivity index (χ4v) is 4.94. The summed E-state index contributed by atoms with van der Waals surface area (Å²) in [7, 11) is 5.89. The number of rotatable bonds is 7. The normalized spacial score (nSPS) is 16.6. The summed E-state index contributed by atoms with van der Waals surface area (Å²) in [5, 5.41) is 15.1. The van der Waals surface area contributed by atoms with E-state index in [2.05, 4.69) is 64.7 Å². The van der Waals surface area contributed by atoms with E-state index in [0.29, 0.717) is 29.9 Å². The molecule has 0 bridgehead atoms. The number of likely N-dealkylation sites (tertiary alicyclic amines) is 2. The third-order valence-electron chi connectivity index (χ3n) is 7.36. The smallest absolute Gasteiger partial charge is 0.252 e. The van der Waals surface area contributed by atoms with Crippen LogP contribution >= 0.6 is 17.0 Å². The van der Waals surface area contributed by atoms with Crippen molar-refractivity contribution in [3.8, 4) is 5.88 Å². The predicted octanol–water partition coefficient (Wildman–Crippen LogP) is 3.25. The van der Waals surface area contributed by atoms with E-state index < -0.39 is 0 Å². The van der Waals surface area contributed by atoms with Gasteiger partial charge < -0.3 is 25.2 Å². The van der Waals surface area contributed by atoms with Gasteiger partial charge in [-0.15, -0.1) is 17.0 Å². The van der Waals surface area contributed by atoms with Crippen LogP contribution in [-0.4, -0.2) is 96.7 Å². The van der Waals surface area contributed by atoms with Gasteiger partial charge in [-0.25, -0.2) is 9.97 Å². The molecule has 2 fully saturated rings. The van der Waals surface area contributed by atoms with Gasteiger partial charge in [0.05, 0.1) is 43.0 Å². The second kappa shape index (κ2) is 14.9. The average molecular weight is 644 g/mol. The van der Waals surface area contributed by atoms with Gasteiger partial charge in [-0.3, -0.25) is 19.1 Å². The van der Waals surface area contributed by atoms with Gasteiger partial charge in [-0.05, 0) is 66.0 Å². The molecule has 14 nitrogen and oxygen atoms in total. The Labute approximate surface area is 255 Å². The molecule has 6 rings (SSSR count). The van der Waals surface area contributed by atoms with Gasteiger partial charge in [-0.1, -0.05) is 0 Å². The number of aromatic amines is 1. The molecule has 15 heteroatoms. The van der Waals surface area contributed by atoms with Crippen molar-refractivity contribution in [2.45, 2.75) is 37.8 Å². The van der Waals surface area contributed by atoms with Crippen LogP contribution in [0.4, 0.5) is 23.3 Å². The quantitative estimate of drug-likeness (QED) is 0.273. The standard InChI is InChI=1S/C14H20N6O.C13H18N6O.BrH/c1-19-7-4-12(5-8-19)20-10-11(9-16-20)17-14-15-6-3-13(18-14)21-2;1-18-6-3-11(4-7-18)19-9-10(8-15-19)16-13-14-5-2-12(20)17-13;/h3,6,9-10,12H,4-5,7-8H2,1-2H3,(H,15,17,18);2,5,8-9,11H,3-4,6-7H2,1H3,(H2,14,16,17,20);1H. The van der Waals surface area contributed by atoms with Crippen LogP contribution in [-0.2, 0) is 0 Å². The second-order valence-corrected chi connectivity index (χ2v) is 10.4. The largest absolute Gasteiger partial charge is 0.481 e. The second-order valence-electron chi connectivity index (χ2n) is 10.4. The van der Waals surface area contributed by atoms with Gasteiger partial charge in [0.15, 0.2) is 0 Å². The van der Waals surface area contributed by atoms with Gasteiger partial charge in [0.25, 0.3) is 5.56 Å². The number of halogens is 1. The van der Waals surface area contributed by atoms with Crippen LogP contribution in [0.25, 0.3) is 0 Å². The Kier molecular flexibility index (Phi) is 11.0. The SMILES string of the molecule is Br.CN1CCC(n2cc(Nc3nccc(=O)[nH]3)cn2)CC1.COc1ccnc(Nc2cnn(C3CCN(C)CC3)c2)n1. The molecule has 4 aromatic rings. The maximum absolute atomic E-state index is 11.2. The van der Waals surface area contributed by atoms with Crippen LogP contribution in [0.1, 0.15) is 37.8 Å². The van der Waals surface area contributed by atoms with Gasteiger partial charge in [-0.2, -0.15) is 15.2 Å². The van der Waals surface area contributed by atoms with Gasteiger partial charge in [0, 0.05) is 36.9 Å². The number of nitrogens with one attached hydrogen (secondary N) is 3. The minimum atomic E-state index is -0.176. The van der Waals surface area contributed by atoms with Crippen LogP contribution in [0.5, 0.6) is 5.88 Å². The summed E-state index contributed by atoms with van der Waals surface area (Å²) < 4.78 is 9.12. The Bertz CT molecular complexity index is 1440. The van der Waals surface area contributed by atoms with Crippen molar-refractivity contribution in [2.24, 2.45) is 0 Å². The Hall–Kier alpha value is -3.82. The fraction of sp³-hybridized carbons (Fsp3) is 0.481. The van der Waals surface area contributed by atoms with Crippen LogP contribution in [0.2, 0.25) is 0 Å². The molecule has 226 valence electrons. The zero-order valence-corrected chi connectivity index (χ0v) is 25.9. The van der Waals surface area contributed by atoms with E-state index in [9.17, 15) is 4.79 Å². The molecule has 2 aliphatic rings. The Morgan fingerprint density at radius 3 is 1.93 bits per heavy atom. The van der Waals surface area contributed by atoms with Gasteiger partial charge >= 0.3 is 0 Å². The van der Waals surface area contributed by atoms with Crippen molar-refractivity contribution in [1.29, 1.82) is 0 Å². The van der Waals surface area contributed by atoms with E-state index in [1.165, 1.54) is 12.3 Å². The minimum absolute atomic E-state index is 0. The maximum atomic E-state index is 11.2. The van der Waals surface area contributed by atoms with Crippen molar-refractivity contribution in [2.75, 3.05) is 58.0 Å². The maximum Gasteiger partial charge on any atom is 0.252 e. The third kappa shape index (κ3) is 8.59. The molecular weight excluding hydrogens is 604 g/mol. The zero-order valence-electron chi connectivity index (χ0n) is 24.2. The number of H-pyrrole nitrogens is 1. The minimum Gasteiger partial charge on any atom is -0.481 e. The number of nitrogens with zero attached hydrogens (tertiary/aromatic N) is 9. The molecule has 0 radical (unpaired) electrons. The number of aromatic nitrogens is 8. The number of hydrogen-bond acceptors (Lipinski definition) is 11. The Morgan fingerprint density at radius 1 is 0.833 bits per heavy atom. The van der Waals surface area contributed by atoms with E-state index in [4.69, 9.17) is 4.74 Å². The van der Waals surface area contributed by atoms with Crippen molar-refractivity contribution < 1.29 is 4.74 Å². The summed E-state index contributed by atoms with van der Waals surface area (Å²) in [5.74, 6) is 1.48. The van der Waals surface area contributed by atoms with Crippen LogP contribution in [0.3, 0.4) is 0 Å². The number of piperidine rings is 2. The molecule has 4 aromatic heterocycles. The molecule has 0 spiro atoms. The van der Waals surface area contributed by atoms with Crippen LogP contribution in [0.15, 0.2) is 54.1 Å². The van der Waals surface area contributed by atoms with E-state index >= 15 is 0 Å². The highest BCUT2D eigenvalue weighted by atomic mass is 79.9. The van der Waals surface area contributed by atoms with E-state index in [0.717, 1.165) is 63.2 Å². The molecule has 0 aliphatic carbocycles. The number of ether oxygens (including phenoxy) is 1. The molecule has 2 aliphatic heterocycles. The Morgan fingerprint density at radius 2 is 1.38 bits per heavy atom. The lowest BCUT2D eigenvalue weighted by Crippen LogP contribution is -2.31. The fourth-order valence-electron chi connectivity index (χ4n) is 4.94. The first kappa shape index (κ1) is 31.1.